The summed E-state index contributed by atoms with van der Waals surface area (Å²) in [6.45, 7) is 7.21. The normalized spacial score (nSPS) is 14.1. The molecule has 1 amide bonds. The van der Waals surface area contributed by atoms with Gasteiger partial charge in [-0.2, -0.15) is 0 Å². The van der Waals surface area contributed by atoms with Gasteiger partial charge in [0.05, 0.1) is 31.1 Å². The van der Waals surface area contributed by atoms with Crippen molar-refractivity contribution in [2.45, 2.75) is 20.0 Å². The van der Waals surface area contributed by atoms with Crippen LogP contribution in [0.1, 0.15) is 13.8 Å². The zero-order chi connectivity index (χ0) is 19.9. The average molecular weight is 383 g/mol. The number of ether oxygens (including phenoxy) is 2. The van der Waals surface area contributed by atoms with Crippen LogP contribution in [0.5, 0.6) is 11.5 Å². The highest BCUT2D eigenvalue weighted by Crippen LogP contribution is 2.28. The molecule has 2 aromatic carbocycles. The van der Waals surface area contributed by atoms with Crippen LogP contribution in [0.15, 0.2) is 48.5 Å². The molecule has 3 rings (SSSR count). The van der Waals surface area contributed by atoms with Gasteiger partial charge in [-0.15, -0.1) is 0 Å². The molecule has 0 bridgehead atoms. The smallest absolute Gasteiger partial charge is 0.241 e. The molecule has 0 radical (unpaired) electrons. The Morgan fingerprint density at radius 1 is 1.00 bits per heavy atom. The van der Waals surface area contributed by atoms with Crippen molar-refractivity contribution in [1.29, 1.82) is 0 Å². The summed E-state index contributed by atoms with van der Waals surface area (Å²) < 4.78 is 11.3. The molecule has 6 heteroatoms. The summed E-state index contributed by atoms with van der Waals surface area (Å²) in [6.07, 6.45) is 0.0849. The lowest BCUT2D eigenvalue weighted by atomic mass is 10.2. The van der Waals surface area contributed by atoms with E-state index in [2.05, 4.69) is 16.3 Å². The molecule has 1 aliphatic heterocycles. The van der Waals surface area contributed by atoms with Crippen LogP contribution in [0.25, 0.3) is 0 Å². The highest BCUT2D eigenvalue weighted by atomic mass is 16.5. The number of carbonyl (C=O) groups excluding carboxylic acids is 1. The Morgan fingerprint density at radius 3 is 2.32 bits per heavy atom. The van der Waals surface area contributed by atoms with Crippen molar-refractivity contribution >= 4 is 17.3 Å². The van der Waals surface area contributed by atoms with Crippen LogP contribution in [0, 0.1) is 0 Å². The Kier molecular flexibility index (Phi) is 6.63. The quantitative estimate of drug-likeness (QED) is 0.795. The first kappa shape index (κ1) is 19.9. The van der Waals surface area contributed by atoms with E-state index in [1.165, 1.54) is 0 Å². The van der Waals surface area contributed by atoms with Crippen LogP contribution in [0.3, 0.4) is 0 Å². The number of methoxy groups -OCH3 is 1. The number of benzene rings is 2. The van der Waals surface area contributed by atoms with Gasteiger partial charge in [0.25, 0.3) is 0 Å². The van der Waals surface area contributed by atoms with Crippen molar-refractivity contribution < 1.29 is 14.3 Å². The van der Waals surface area contributed by atoms with Gasteiger partial charge in [-0.1, -0.05) is 24.3 Å². The molecule has 0 unspecified atom stereocenters. The number of carbonyl (C=O) groups is 1. The largest absolute Gasteiger partial charge is 0.495 e. The van der Waals surface area contributed by atoms with Gasteiger partial charge < -0.3 is 24.6 Å². The molecule has 2 aromatic rings. The molecule has 1 fully saturated rings. The summed E-state index contributed by atoms with van der Waals surface area (Å²) in [5, 5.41) is 3.23. The molecular formula is C22H29N3O3. The van der Waals surface area contributed by atoms with E-state index in [-0.39, 0.29) is 18.6 Å². The minimum atomic E-state index is 0.0849. The number of hydrogen-bond acceptors (Lipinski definition) is 5. The van der Waals surface area contributed by atoms with Crippen molar-refractivity contribution in [1.82, 2.24) is 4.90 Å². The minimum absolute atomic E-state index is 0.0849. The van der Waals surface area contributed by atoms with Gasteiger partial charge in [0.15, 0.2) is 0 Å². The third-order valence-electron chi connectivity index (χ3n) is 4.74. The Balaban J connectivity index is 1.53. The van der Waals surface area contributed by atoms with E-state index in [1.54, 1.807) is 7.11 Å². The number of hydrogen-bond donors (Lipinski definition) is 1. The molecule has 0 aliphatic carbocycles. The van der Waals surface area contributed by atoms with Crippen LogP contribution < -0.4 is 19.7 Å². The summed E-state index contributed by atoms with van der Waals surface area (Å²) in [5.41, 5.74) is 1.92. The second-order valence-corrected chi connectivity index (χ2v) is 7.06. The third kappa shape index (κ3) is 4.88. The zero-order valence-electron chi connectivity index (χ0n) is 16.9. The van der Waals surface area contributed by atoms with Gasteiger partial charge in [-0.25, -0.2) is 0 Å². The van der Waals surface area contributed by atoms with Crippen LogP contribution in [0.4, 0.5) is 11.4 Å². The SMILES string of the molecule is COc1ccccc1N1CCN(C(=O)CNc2ccccc2OC(C)C)CC1. The molecule has 150 valence electrons. The van der Waals surface area contributed by atoms with E-state index >= 15 is 0 Å². The van der Waals surface area contributed by atoms with Crippen LogP contribution in [-0.2, 0) is 4.79 Å². The fourth-order valence-electron chi connectivity index (χ4n) is 3.34. The van der Waals surface area contributed by atoms with Crippen molar-refractivity contribution in [3.05, 3.63) is 48.5 Å². The first-order chi connectivity index (χ1) is 13.6. The predicted molar refractivity (Wildman–Crippen MR) is 112 cm³/mol. The van der Waals surface area contributed by atoms with E-state index in [0.29, 0.717) is 13.1 Å². The monoisotopic (exact) mass is 383 g/mol. The maximum Gasteiger partial charge on any atom is 0.241 e. The number of nitrogens with one attached hydrogen (secondary N) is 1. The summed E-state index contributed by atoms with van der Waals surface area (Å²) >= 11 is 0. The van der Waals surface area contributed by atoms with Crippen molar-refractivity contribution in [3.8, 4) is 11.5 Å². The summed E-state index contributed by atoms with van der Waals surface area (Å²) in [4.78, 5) is 16.8. The standard InChI is InChI=1S/C22H29N3O3/c1-17(2)28-20-10-6-4-8-18(20)23-16-22(26)25-14-12-24(13-15-25)19-9-5-7-11-21(19)27-3/h4-11,17,23H,12-16H2,1-3H3. The molecular weight excluding hydrogens is 354 g/mol. The minimum Gasteiger partial charge on any atom is -0.495 e. The highest BCUT2D eigenvalue weighted by Gasteiger charge is 2.22. The molecule has 0 spiro atoms. The first-order valence-corrected chi connectivity index (χ1v) is 9.73. The molecule has 0 saturated carbocycles. The number of anilines is 2. The molecule has 1 N–H and O–H groups in total. The molecule has 0 aromatic heterocycles. The zero-order valence-corrected chi connectivity index (χ0v) is 16.9. The lowest BCUT2D eigenvalue weighted by Gasteiger charge is -2.36. The van der Waals surface area contributed by atoms with E-state index in [0.717, 1.165) is 36.0 Å². The van der Waals surface area contributed by atoms with Crippen molar-refractivity contribution in [3.63, 3.8) is 0 Å². The Labute approximate surface area is 167 Å². The number of amides is 1. The number of rotatable bonds is 7. The maximum atomic E-state index is 12.7. The van der Waals surface area contributed by atoms with Gasteiger partial charge in [0.1, 0.15) is 11.5 Å². The van der Waals surface area contributed by atoms with Crippen LogP contribution in [-0.4, -0.2) is 56.7 Å². The van der Waals surface area contributed by atoms with Crippen LogP contribution >= 0.6 is 0 Å². The Bertz CT molecular complexity index is 786. The van der Waals surface area contributed by atoms with Crippen LogP contribution in [0.2, 0.25) is 0 Å². The molecule has 1 heterocycles. The fourth-order valence-corrected chi connectivity index (χ4v) is 3.34. The van der Waals surface area contributed by atoms with E-state index in [1.807, 2.05) is 61.2 Å². The molecule has 1 saturated heterocycles. The molecule has 0 atom stereocenters. The van der Waals surface area contributed by atoms with Gasteiger partial charge >= 0.3 is 0 Å². The van der Waals surface area contributed by atoms with Gasteiger partial charge in [-0.3, -0.25) is 4.79 Å². The lowest BCUT2D eigenvalue weighted by molar-refractivity contribution is -0.129. The van der Waals surface area contributed by atoms with E-state index < -0.39 is 0 Å². The first-order valence-electron chi connectivity index (χ1n) is 9.73. The van der Waals surface area contributed by atoms with Gasteiger partial charge in [0.2, 0.25) is 5.91 Å². The van der Waals surface area contributed by atoms with Crippen molar-refractivity contribution in [2.24, 2.45) is 0 Å². The third-order valence-corrected chi connectivity index (χ3v) is 4.74. The topological polar surface area (TPSA) is 54.0 Å². The summed E-state index contributed by atoms with van der Waals surface area (Å²) in [5.74, 6) is 1.73. The van der Waals surface area contributed by atoms with Gasteiger partial charge in [0, 0.05) is 26.2 Å². The molecule has 28 heavy (non-hydrogen) atoms. The lowest BCUT2D eigenvalue weighted by Crippen LogP contribution is -2.50. The maximum absolute atomic E-state index is 12.7. The summed E-state index contributed by atoms with van der Waals surface area (Å²) in [6, 6.07) is 15.7. The molecule has 1 aliphatic rings. The second-order valence-electron chi connectivity index (χ2n) is 7.06. The average Bonchev–Trinajstić information content (AvgIpc) is 2.72. The summed E-state index contributed by atoms with van der Waals surface area (Å²) in [7, 11) is 1.69. The number of para-hydroxylation sites is 4. The fraction of sp³-hybridized carbons (Fsp3) is 0.409. The van der Waals surface area contributed by atoms with E-state index in [9.17, 15) is 4.79 Å². The van der Waals surface area contributed by atoms with Gasteiger partial charge in [-0.05, 0) is 38.1 Å². The Morgan fingerprint density at radius 2 is 1.64 bits per heavy atom. The highest BCUT2D eigenvalue weighted by molar-refractivity contribution is 5.81. The predicted octanol–water partition coefficient (Wildman–Crippen LogP) is 3.24. The second kappa shape index (κ2) is 9.35. The molecule has 6 nitrogen and oxygen atoms in total. The number of nitrogens with zero attached hydrogens (tertiary/aromatic N) is 2. The number of piperazine rings is 1. The Hall–Kier alpha value is -2.89. The van der Waals surface area contributed by atoms with E-state index in [4.69, 9.17) is 9.47 Å². The van der Waals surface area contributed by atoms with Crippen molar-refractivity contribution in [2.75, 3.05) is 50.1 Å².